The second kappa shape index (κ2) is 7.66. The standard InChI is InChI=1S/C12H19BrN2O2/c1-17-5-3-15(2-4-16)9-10-6-11(13)8-12(14)7-10/h6-8,16H,2-5,9,14H2,1H3. The third-order valence-electron chi connectivity index (χ3n) is 2.41. The van der Waals surface area contributed by atoms with Gasteiger partial charge in [-0.15, -0.1) is 0 Å². The van der Waals surface area contributed by atoms with E-state index in [9.17, 15) is 0 Å². The van der Waals surface area contributed by atoms with Crippen molar-refractivity contribution in [3.05, 3.63) is 28.2 Å². The molecule has 0 aliphatic carbocycles. The minimum absolute atomic E-state index is 0.146. The Kier molecular flexibility index (Phi) is 6.50. The summed E-state index contributed by atoms with van der Waals surface area (Å²) in [6, 6.07) is 5.85. The van der Waals surface area contributed by atoms with Crippen LogP contribution in [-0.4, -0.2) is 43.4 Å². The third kappa shape index (κ3) is 5.50. The van der Waals surface area contributed by atoms with Crippen molar-refractivity contribution >= 4 is 21.6 Å². The summed E-state index contributed by atoms with van der Waals surface area (Å²) < 4.78 is 6.02. The van der Waals surface area contributed by atoms with Crippen molar-refractivity contribution in [2.75, 3.05) is 39.1 Å². The highest BCUT2D eigenvalue weighted by molar-refractivity contribution is 9.10. The number of aliphatic hydroxyl groups excluding tert-OH is 1. The SMILES string of the molecule is COCCN(CCO)Cc1cc(N)cc(Br)c1. The van der Waals surface area contributed by atoms with E-state index in [1.165, 1.54) is 0 Å². The summed E-state index contributed by atoms with van der Waals surface area (Å²) in [5, 5.41) is 9.01. The van der Waals surface area contributed by atoms with Crippen LogP contribution in [0.5, 0.6) is 0 Å². The summed E-state index contributed by atoms with van der Waals surface area (Å²) in [5.41, 5.74) is 7.65. The van der Waals surface area contributed by atoms with Crippen molar-refractivity contribution < 1.29 is 9.84 Å². The van der Waals surface area contributed by atoms with Crippen molar-refractivity contribution in [1.29, 1.82) is 0 Å². The van der Waals surface area contributed by atoms with Crippen molar-refractivity contribution in [3.63, 3.8) is 0 Å². The van der Waals surface area contributed by atoms with Gasteiger partial charge in [0.05, 0.1) is 13.2 Å². The molecule has 5 heteroatoms. The van der Waals surface area contributed by atoms with Crippen LogP contribution in [0.2, 0.25) is 0 Å². The van der Waals surface area contributed by atoms with Crippen LogP contribution in [0.25, 0.3) is 0 Å². The van der Waals surface area contributed by atoms with E-state index in [0.717, 1.165) is 28.8 Å². The lowest BCUT2D eigenvalue weighted by atomic mass is 10.2. The molecule has 4 nitrogen and oxygen atoms in total. The molecule has 0 bridgehead atoms. The van der Waals surface area contributed by atoms with Gasteiger partial charge in [0.1, 0.15) is 0 Å². The van der Waals surface area contributed by atoms with Crippen LogP contribution in [0.4, 0.5) is 5.69 Å². The summed E-state index contributed by atoms with van der Waals surface area (Å²) >= 11 is 3.42. The van der Waals surface area contributed by atoms with E-state index in [1.54, 1.807) is 7.11 Å². The van der Waals surface area contributed by atoms with Gasteiger partial charge in [-0.25, -0.2) is 0 Å². The number of nitrogens with two attached hydrogens (primary N) is 1. The first-order valence-electron chi connectivity index (χ1n) is 5.53. The van der Waals surface area contributed by atoms with Gasteiger partial charge in [0.2, 0.25) is 0 Å². The second-order valence-corrected chi connectivity index (χ2v) is 4.80. The highest BCUT2D eigenvalue weighted by Gasteiger charge is 2.06. The average Bonchev–Trinajstić information content (AvgIpc) is 2.24. The molecule has 1 rings (SSSR count). The summed E-state index contributed by atoms with van der Waals surface area (Å²) in [4.78, 5) is 2.13. The van der Waals surface area contributed by atoms with Crippen LogP contribution in [0, 0.1) is 0 Å². The second-order valence-electron chi connectivity index (χ2n) is 3.89. The first-order chi connectivity index (χ1) is 8.15. The fraction of sp³-hybridized carbons (Fsp3) is 0.500. The topological polar surface area (TPSA) is 58.7 Å². The number of hydrogen-bond acceptors (Lipinski definition) is 4. The maximum absolute atomic E-state index is 9.01. The van der Waals surface area contributed by atoms with E-state index in [1.807, 2.05) is 18.2 Å². The maximum atomic E-state index is 9.01. The van der Waals surface area contributed by atoms with Crippen LogP contribution in [0.15, 0.2) is 22.7 Å². The predicted octanol–water partition coefficient (Wildman–Crippen LogP) is 1.47. The van der Waals surface area contributed by atoms with Gasteiger partial charge < -0.3 is 15.6 Å². The molecule has 0 atom stereocenters. The molecule has 0 saturated heterocycles. The van der Waals surface area contributed by atoms with Crippen LogP contribution in [0.3, 0.4) is 0 Å². The number of benzene rings is 1. The zero-order chi connectivity index (χ0) is 12.7. The number of methoxy groups -OCH3 is 1. The average molecular weight is 303 g/mol. The lowest BCUT2D eigenvalue weighted by Crippen LogP contribution is -2.29. The van der Waals surface area contributed by atoms with E-state index >= 15 is 0 Å². The monoisotopic (exact) mass is 302 g/mol. The fourth-order valence-corrected chi connectivity index (χ4v) is 2.21. The number of rotatable bonds is 7. The Morgan fingerprint density at radius 3 is 2.71 bits per heavy atom. The lowest BCUT2D eigenvalue weighted by Gasteiger charge is -2.21. The van der Waals surface area contributed by atoms with Crippen molar-refractivity contribution in [1.82, 2.24) is 4.90 Å². The number of aliphatic hydroxyl groups is 1. The number of halogens is 1. The molecule has 0 aliphatic heterocycles. The molecule has 0 heterocycles. The number of hydrogen-bond donors (Lipinski definition) is 2. The van der Waals surface area contributed by atoms with Crippen molar-refractivity contribution in [2.45, 2.75) is 6.54 Å². The van der Waals surface area contributed by atoms with E-state index in [2.05, 4.69) is 20.8 Å². The van der Waals surface area contributed by atoms with Gasteiger partial charge in [0.15, 0.2) is 0 Å². The lowest BCUT2D eigenvalue weighted by molar-refractivity contribution is 0.127. The number of nitrogen functional groups attached to an aromatic ring is 1. The van der Waals surface area contributed by atoms with E-state index in [0.29, 0.717) is 13.2 Å². The molecular formula is C12H19BrN2O2. The van der Waals surface area contributed by atoms with Gasteiger partial charge in [0.25, 0.3) is 0 Å². The minimum atomic E-state index is 0.146. The molecule has 96 valence electrons. The van der Waals surface area contributed by atoms with Gasteiger partial charge in [-0.1, -0.05) is 15.9 Å². The smallest absolute Gasteiger partial charge is 0.0589 e. The molecule has 0 saturated carbocycles. The summed E-state index contributed by atoms with van der Waals surface area (Å²) in [7, 11) is 1.67. The molecule has 0 spiro atoms. The maximum Gasteiger partial charge on any atom is 0.0589 e. The third-order valence-corrected chi connectivity index (χ3v) is 2.87. The Morgan fingerprint density at radius 2 is 2.12 bits per heavy atom. The van der Waals surface area contributed by atoms with E-state index in [4.69, 9.17) is 15.6 Å². The van der Waals surface area contributed by atoms with E-state index in [-0.39, 0.29) is 6.61 Å². The number of nitrogens with zero attached hydrogens (tertiary/aromatic N) is 1. The summed E-state index contributed by atoms with van der Waals surface area (Å²) in [6.45, 7) is 2.99. The molecule has 1 aromatic rings. The Labute approximate surface area is 110 Å². The highest BCUT2D eigenvalue weighted by atomic mass is 79.9. The molecular weight excluding hydrogens is 284 g/mol. The molecule has 0 radical (unpaired) electrons. The molecule has 0 unspecified atom stereocenters. The minimum Gasteiger partial charge on any atom is -0.399 e. The predicted molar refractivity (Wildman–Crippen MR) is 72.8 cm³/mol. The molecule has 0 aromatic heterocycles. The van der Waals surface area contributed by atoms with Crippen LogP contribution < -0.4 is 5.73 Å². The molecule has 0 amide bonds. The van der Waals surface area contributed by atoms with Gasteiger partial charge in [-0.3, -0.25) is 4.90 Å². The molecule has 0 fully saturated rings. The Morgan fingerprint density at radius 1 is 1.35 bits per heavy atom. The van der Waals surface area contributed by atoms with Crippen molar-refractivity contribution in [3.8, 4) is 0 Å². The zero-order valence-corrected chi connectivity index (χ0v) is 11.6. The summed E-state index contributed by atoms with van der Waals surface area (Å²) in [5.74, 6) is 0. The van der Waals surface area contributed by atoms with Gasteiger partial charge in [-0.2, -0.15) is 0 Å². The van der Waals surface area contributed by atoms with Crippen LogP contribution in [-0.2, 0) is 11.3 Å². The van der Waals surface area contributed by atoms with Gasteiger partial charge >= 0.3 is 0 Å². The Hall–Kier alpha value is -0.620. The molecule has 0 aliphatic rings. The molecule has 1 aromatic carbocycles. The van der Waals surface area contributed by atoms with Crippen LogP contribution >= 0.6 is 15.9 Å². The van der Waals surface area contributed by atoms with E-state index < -0.39 is 0 Å². The highest BCUT2D eigenvalue weighted by Crippen LogP contribution is 2.18. The quantitative estimate of drug-likeness (QED) is 0.749. The van der Waals surface area contributed by atoms with Gasteiger partial charge in [-0.05, 0) is 23.8 Å². The summed E-state index contributed by atoms with van der Waals surface area (Å²) in [6.07, 6.45) is 0. The fourth-order valence-electron chi connectivity index (χ4n) is 1.66. The van der Waals surface area contributed by atoms with Crippen LogP contribution in [0.1, 0.15) is 5.56 Å². The number of ether oxygens (including phenoxy) is 1. The normalized spacial score (nSPS) is 11.1. The molecule has 17 heavy (non-hydrogen) atoms. The largest absolute Gasteiger partial charge is 0.399 e. The first-order valence-corrected chi connectivity index (χ1v) is 6.32. The first kappa shape index (κ1) is 14.4. The Bertz CT molecular complexity index is 327. The zero-order valence-electron chi connectivity index (χ0n) is 10.0. The van der Waals surface area contributed by atoms with Crippen molar-refractivity contribution in [2.24, 2.45) is 0 Å². The van der Waals surface area contributed by atoms with Gasteiger partial charge in [0, 0.05) is 36.9 Å². The Balaban J connectivity index is 2.63. The number of anilines is 1. The molecule has 3 N–H and O–H groups in total.